The van der Waals surface area contributed by atoms with Crippen molar-refractivity contribution >= 4 is 29.5 Å². The SMILES string of the molecule is C[C@@H](OC(=O)c1ccc(COc2ccc(Cl)cc2)cc1)C(=O)NC(N)=O. The van der Waals surface area contributed by atoms with Crippen LogP contribution in [0.3, 0.4) is 0 Å². The second-order valence-corrected chi connectivity index (χ2v) is 5.78. The van der Waals surface area contributed by atoms with Gasteiger partial charge in [-0.1, -0.05) is 23.7 Å². The molecule has 0 aliphatic heterocycles. The Morgan fingerprint density at radius 2 is 1.69 bits per heavy atom. The van der Waals surface area contributed by atoms with E-state index in [1.807, 2.05) is 5.32 Å². The normalized spacial score (nSPS) is 11.3. The lowest BCUT2D eigenvalue weighted by molar-refractivity contribution is -0.127. The van der Waals surface area contributed by atoms with Gasteiger partial charge in [0.25, 0.3) is 5.91 Å². The summed E-state index contributed by atoms with van der Waals surface area (Å²) >= 11 is 5.81. The molecule has 136 valence electrons. The molecular formula is C18H17ClN2O5. The second kappa shape index (κ2) is 8.87. The number of esters is 1. The molecular weight excluding hydrogens is 360 g/mol. The molecule has 0 radical (unpaired) electrons. The van der Waals surface area contributed by atoms with Gasteiger partial charge < -0.3 is 15.2 Å². The summed E-state index contributed by atoms with van der Waals surface area (Å²) in [6, 6.07) is 12.5. The number of carbonyl (C=O) groups excluding carboxylic acids is 3. The predicted molar refractivity (Wildman–Crippen MR) is 94.8 cm³/mol. The van der Waals surface area contributed by atoms with Gasteiger partial charge in [0.05, 0.1) is 5.56 Å². The summed E-state index contributed by atoms with van der Waals surface area (Å²) in [5, 5.41) is 2.47. The highest BCUT2D eigenvalue weighted by Gasteiger charge is 2.19. The van der Waals surface area contributed by atoms with Gasteiger partial charge in [0, 0.05) is 5.02 Å². The predicted octanol–water partition coefficient (Wildman–Crippen LogP) is 2.66. The largest absolute Gasteiger partial charge is 0.489 e. The second-order valence-electron chi connectivity index (χ2n) is 5.34. The minimum absolute atomic E-state index is 0.263. The molecule has 7 nitrogen and oxygen atoms in total. The average molecular weight is 377 g/mol. The Kier molecular flexibility index (Phi) is 6.57. The molecule has 2 aromatic carbocycles. The van der Waals surface area contributed by atoms with Crippen molar-refractivity contribution in [2.45, 2.75) is 19.6 Å². The van der Waals surface area contributed by atoms with Gasteiger partial charge in [0.1, 0.15) is 12.4 Å². The lowest BCUT2D eigenvalue weighted by Gasteiger charge is -2.12. The fourth-order valence-corrected chi connectivity index (χ4v) is 2.07. The van der Waals surface area contributed by atoms with Crippen LogP contribution in [0.2, 0.25) is 5.02 Å². The lowest BCUT2D eigenvalue weighted by atomic mass is 10.1. The summed E-state index contributed by atoms with van der Waals surface area (Å²) in [6.45, 7) is 1.65. The third kappa shape index (κ3) is 5.78. The lowest BCUT2D eigenvalue weighted by Crippen LogP contribution is -2.42. The highest BCUT2D eigenvalue weighted by atomic mass is 35.5. The van der Waals surface area contributed by atoms with Gasteiger partial charge in [-0.25, -0.2) is 9.59 Å². The summed E-state index contributed by atoms with van der Waals surface area (Å²) < 4.78 is 10.6. The van der Waals surface area contributed by atoms with Crippen molar-refractivity contribution in [3.8, 4) is 5.75 Å². The van der Waals surface area contributed by atoms with E-state index in [1.54, 1.807) is 48.5 Å². The summed E-state index contributed by atoms with van der Waals surface area (Å²) in [4.78, 5) is 34.1. The maximum Gasteiger partial charge on any atom is 0.338 e. The Morgan fingerprint density at radius 1 is 1.08 bits per heavy atom. The molecule has 0 heterocycles. The van der Waals surface area contributed by atoms with Crippen LogP contribution >= 0.6 is 11.6 Å². The first-order valence-electron chi connectivity index (χ1n) is 7.63. The summed E-state index contributed by atoms with van der Waals surface area (Å²) in [5.41, 5.74) is 5.94. The minimum Gasteiger partial charge on any atom is -0.489 e. The van der Waals surface area contributed by atoms with Gasteiger partial charge in [0.2, 0.25) is 0 Å². The molecule has 2 rings (SSSR count). The first kappa shape index (κ1) is 19.3. The van der Waals surface area contributed by atoms with E-state index in [-0.39, 0.29) is 5.56 Å². The molecule has 0 unspecified atom stereocenters. The third-order valence-corrected chi connectivity index (χ3v) is 3.56. The topological polar surface area (TPSA) is 108 Å². The molecule has 0 fully saturated rings. The van der Waals surface area contributed by atoms with E-state index < -0.39 is 24.0 Å². The Bertz CT molecular complexity index is 790. The van der Waals surface area contributed by atoms with Gasteiger partial charge in [-0.15, -0.1) is 0 Å². The summed E-state index contributed by atoms with van der Waals surface area (Å²) in [7, 11) is 0. The number of halogens is 1. The number of hydrogen-bond donors (Lipinski definition) is 2. The smallest absolute Gasteiger partial charge is 0.338 e. The number of ether oxygens (including phenoxy) is 2. The maximum absolute atomic E-state index is 12.0. The molecule has 0 saturated heterocycles. The van der Waals surface area contributed by atoms with Crippen LogP contribution in [0.4, 0.5) is 4.79 Å². The molecule has 0 saturated carbocycles. The van der Waals surface area contributed by atoms with E-state index in [4.69, 9.17) is 26.8 Å². The van der Waals surface area contributed by atoms with Crippen LogP contribution in [0.5, 0.6) is 5.75 Å². The molecule has 3 N–H and O–H groups in total. The molecule has 0 spiro atoms. The Hall–Kier alpha value is -3.06. The van der Waals surface area contributed by atoms with Crippen molar-refractivity contribution in [1.29, 1.82) is 0 Å². The number of nitrogens with two attached hydrogens (primary N) is 1. The molecule has 0 aliphatic carbocycles. The van der Waals surface area contributed by atoms with Crippen LogP contribution in [0.15, 0.2) is 48.5 Å². The van der Waals surface area contributed by atoms with Crippen molar-refractivity contribution in [2.75, 3.05) is 0 Å². The number of benzene rings is 2. The Balaban J connectivity index is 1.89. The van der Waals surface area contributed by atoms with E-state index in [2.05, 4.69) is 0 Å². The van der Waals surface area contributed by atoms with E-state index in [0.29, 0.717) is 17.4 Å². The van der Waals surface area contributed by atoms with Crippen molar-refractivity contribution < 1.29 is 23.9 Å². The van der Waals surface area contributed by atoms with Gasteiger partial charge >= 0.3 is 12.0 Å². The van der Waals surface area contributed by atoms with Gasteiger partial charge in [-0.05, 0) is 48.9 Å². The fourth-order valence-electron chi connectivity index (χ4n) is 1.94. The third-order valence-electron chi connectivity index (χ3n) is 3.31. The fraction of sp³-hybridized carbons (Fsp3) is 0.167. The number of hydrogen-bond acceptors (Lipinski definition) is 5. The van der Waals surface area contributed by atoms with Crippen molar-refractivity contribution in [1.82, 2.24) is 5.32 Å². The molecule has 0 bridgehead atoms. The van der Waals surface area contributed by atoms with Crippen LogP contribution in [0.1, 0.15) is 22.8 Å². The van der Waals surface area contributed by atoms with E-state index in [9.17, 15) is 14.4 Å². The molecule has 3 amide bonds. The van der Waals surface area contributed by atoms with Crippen LogP contribution in [-0.4, -0.2) is 24.0 Å². The van der Waals surface area contributed by atoms with Crippen molar-refractivity contribution in [2.24, 2.45) is 5.73 Å². The number of amides is 3. The molecule has 1 atom stereocenters. The monoisotopic (exact) mass is 376 g/mol. The van der Waals surface area contributed by atoms with E-state index in [1.165, 1.54) is 6.92 Å². The quantitative estimate of drug-likeness (QED) is 0.753. The molecule has 2 aromatic rings. The van der Waals surface area contributed by atoms with E-state index >= 15 is 0 Å². The summed E-state index contributed by atoms with van der Waals surface area (Å²) in [5.74, 6) is -0.812. The zero-order chi connectivity index (χ0) is 19.1. The van der Waals surface area contributed by atoms with Gasteiger partial charge in [-0.3, -0.25) is 10.1 Å². The number of nitrogens with one attached hydrogen (secondary N) is 1. The molecule has 26 heavy (non-hydrogen) atoms. The highest BCUT2D eigenvalue weighted by molar-refractivity contribution is 6.30. The van der Waals surface area contributed by atoms with Crippen molar-refractivity contribution in [3.63, 3.8) is 0 Å². The Labute approximate surface area is 155 Å². The van der Waals surface area contributed by atoms with Gasteiger partial charge in [-0.2, -0.15) is 0 Å². The first-order valence-corrected chi connectivity index (χ1v) is 8.01. The van der Waals surface area contributed by atoms with Crippen molar-refractivity contribution in [3.05, 3.63) is 64.7 Å². The Morgan fingerprint density at radius 3 is 2.27 bits per heavy atom. The van der Waals surface area contributed by atoms with Crippen LogP contribution in [0, 0.1) is 0 Å². The van der Waals surface area contributed by atoms with Crippen LogP contribution in [0.25, 0.3) is 0 Å². The number of primary amides is 1. The minimum atomic E-state index is -1.15. The first-order chi connectivity index (χ1) is 12.3. The van der Waals surface area contributed by atoms with E-state index in [0.717, 1.165) is 5.56 Å². The number of urea groups is 1. The van der Waals surface area contributed by atoms with Gasteiger partial charge in [0.15, 0.2) is 6.10 Å². The molecule has 0 aromatic heterocycles. The number of rotatable bonds is 6. The summed E-state index contributed by atoms with van der Waals surface area (Å²) in [6.07, 6.45) is -1.15. The van der Waals surface area contributed by atoms with Crippen LogP contribution in [-0.2, 0) is 16.1 Å². The maximum atomic E-state index is 12.0. The zero-order valence-corrected chi connectivity index (χ0v) is 14.7. The highest BCUT2D eigenvalue weighted by Crippen LogP contribution is 2.17. The number of carbonyl (C=O) groups is 3. The van der Waals surface area contributed by atoms with Crippen LogP contribution < -0.4 is 15.8 Å². The zero-order valence-electron chi connectivity index (χ0n) is 13.9. The molecule has 0 aliphatic rings. The number of imide groups is 1. The standard InChI is InChI=1S/C18H17ClN2O5/c1-11(16(22)21-18(20)24)26-17(23)13-4-2-12(3-5-13)10-25-15-8-6-14(19)7-9-15/h2-9,11H,10H2,1H3,(H3,20,21,22,24)/t11-/m1/s1. The molecule has 8 heteroatoms. The average Bonchev–Trinajstić information content (AvgIpc) is 2.61.